The zero-order chi connectivity index (χ0) is 11.3. The molecule has 0 saturated carbocycles. The second kappa shape index (κ2) is 5.85. The van der Waals surface area contributed by atoms with Crippen LogP contribution in [0.1, 0.15) is 11.6 Å². The zero-order valence-electron chi connectivity index (χ0n) is 8.11. The Bertz CT molecular complexity index is 327. The summed E-state index contributed by atoms with van der Waals surface area (Å²) in [6.45, 7) is 0.310. The molecule has 1 atom stereocenters. The molecule has 0 aliphatic rings. The predicted octanol–water partition coefficient (Wildman–Crippen LogP) is 0.557. The standard InChI is InChI=1S/C10H13BrN2O2/c11-8-3-1-7(2-4-8)9(10(12)15)13-5-6-14/h1-4,9,13-14H,5-6H2,(H2,12,15)/t9-/m0/s1. The second-order valence-electron chi connectivity index (χ2n) is 3.06. The molecule has 0 aliphatic heterocycles. The lowest BCUT2D eigenvalue weighted by Crippen LogP contribution is -2.35. The van der Waals surface area contributed by atoms with Gasteiger partial charge in [0.05, 0.1) is 6.61 Å². The molecular formula is C10H13BrN2O2. The highest BCUT2D eigenvalue weighted by Crippen LogP contribution is 2.16. The van der Waals surface area contributed by atoms with Crippen molar-refractivity contribution in [2.75, 3.05) is 13.2 Å². The maximum atomic E-state index is 11.2. The van der Waals surface area contributed by atoms with Crippen molar-refractivity contribution in [3.63, 3.8) is 0 Å². The third-order valence-corrected chi connectivity index (χ3v) is 2.48. The van der Waals surface area contributed by atoms with Gasteiger partial charge in [-0.15, -0.1) is 0 Å². The smallest absolute Gasteiger partial charge is 0.239 e. The molecule has 0 saturated heterocycles. The highest BCUT2D eigenvalue weighted by atomic mass is 79.9. The minimum absolute atomic E-state index is 0.0275. The van der Waals surface area contributed by atoms with Crippen molar-refractivity contribution in [3.8, 4) is 0 Å². The summed E-state index contributed by atoms with van der Waals surface area (Å²) in [6.07, 6.45) is 0. The van der Waals surface area contributed by atoms with Crippen molar-refractivity contribution in [2.45, 2.75) is 6.04 Å². The van der Waals surface area contributed by atoms with Crippen LogP contribution in [0.2, 0.25) is 0 Å². The molecular weight excluding hydrogens is 260 g/mol. The maximum Gasteiger partial charge on any atom is 0.239 e. The fraction of sp³-hybridized carbons (Fsp3) is 0.300. The van der Waals surface area contributed by atoms with Crippen LogP contribution in [0.3, 0.4) is 0 Å². The lowest BCUT2D eigenvalue weighted by molar-refractivity contribution is -0.120. The molecule has 82 valence electrons. The van der Waals surface area contributed by atoms with E-state index >= 15 is 0 Å². The molecule has 0 spiro atoms. The molecule has 0 heterocycles. The number of nitrogens with two attached hydrogens (primary N) is 1. The molecule has 15 heavy (non-hydrogen) atoms. The molecule has 4 N–H and O–H groups in total. The quantitative estimate of drug-likeness (QED) is 0.733. The summed E-state index contributed by atoms with van der Waals surface area (Å²) in [5.74, 6) is -0.453. The summed E-state index contributed by atoms with van der Waals surface area (Å²) in [5, 5.41) is 11.5. The van der Waals surface area contributed by atoms with Gasteiger partial charge in [0, 0.05) is 11.0 Å². The molecule has 1 rings (SSSR count). The Kier molecular flexibility index (Phi) is 4.74. The number of primary amides is 1. The molecule has 0 aliphatic carbocycles. The first-order chi connectivity index (χ1) is 7.15. The number of carbonyl (C=O) groups excluding carboxylic acids is 1. The van der Waals surface area contributed by atoms with Gasteiger partial charge in [0.1, 0.15) is 6.04 Å². The number of hydrogen-bond acceptors (Lipinski definition) is 3. The van der Waals surface area contributed by atoms with Crippen molar-refractivity contribution in [2.24, 2.45) is 5.73 Å². The van der Waals surface area contributed by atoms with E-state index in [1.54, 1.807) is 0 Å². The third-order valence-electron chi connectivity index (χ3n) is 1.95. The molecule has 5 heteroatoms. The Labute approximate surface area is 96.6 Å². The Morgan fingerprint density at radius 1 is 1.47 bits per heavy atom. The highest BCUT2D eigenvalue weighted by molar-refractivity contribution is 9.10. The largest absolute Gasteiger partial charge is 0.395 e. The van der Waals surface area contributed by atoms with Crippen molar-refractivity contribution in [3.05, 3.63) is 34.3 Å². The number of amides is 1. The van der Waals surface area contributed by atoms with E-state index in [0.29, 0.717) is 6.54 Å². The number of hydrogen-bond donors (Lipinski definition) is 3. The second-order valence-corrected chi connectivity index (χ2v) is 3.98. The number of rotatable bonds is 5. The van der Waals surface area contributed by atoms with Crippen LogP contribution in [0.5, 0.6) is 0 Å². The molecule has 0 aromatic heterocycles. The van der Waals surface area contributed by atoms with Gasteiger partial charge in [-0.25, -0.2) is 0 Å². The number of benzene rings is 1. The monoisotopic (exact) mass is 272 g/mol. The van der Waals surface area contributed by atoms with Gasteiger partial charge in [0.25, 0.3) is 0 Å². The lowest BCUT2D eigenvalue weighted by Gasteiger charge is -2.14. The molecule has 1 aromatic carbocycles. The first-order valence-corrected chi connectivity index (χ1v) is 5.33. The Morgan fingerprint density at radius 2 is 2.07 bits per heavy atom. The van der Waals surface area contributed by atoms with Gasteiger partial charge < -0.3 is 10.8 Å². The summed E-state index contributed by atoms with van der Waals surface area (Å²) >= 11 is 3.31. The van der Waals surface area contributed by atoms with E-state index in [2.05, 4.69) is 21.2 Å². The normalized spacial score (nSPS) is 12.4. The van der Waals surface area contributed by atoms with Gasteiger partial charge in [-0.1, -0.05) is 28.1 Å². The summed E-state index contributed by atoms with van der Waals surface area (Å²) in [5.41, 5.74) is 6.04. The number of aliphatic hydroxyl groups is 1. The number of carbonyl (C=O) groups is 1. The average Bonchev–Trinajstić information content (AvgIpc) is 2.21. The Hall–Kier alpha value is -0.910. The van der Waals surface area contributed by atoms with E-state index in [0.717, 1.165) is 10.0 Å². The summed E-state index contributed by atoms with van der Waals surface area (Å²) in [4.78, 5) is 11.2. The first kappa shape index (κ1) is 12.2. The molecule has 1 amide bonds. The van der Waals surface area contributed by atoms with Crippen molar-refractivity contribution >= 4 is 21.8 Å². The van der Waals surface area contributed by atoms with E-state index in [1.807, 2.05) is 24.3 Å². The van der Waals surface area contributed by atoms with Crippen LogP contribution in [-0.4, -0.2) is 24.2 Å². The molecule has 4 nitrogen and oxygen atoms in total. The number of aliphatic hydroxyl groups excluding tert-OH is 1. The topological polar surface area (TPSA) is 75.4 Å². The van der Waals surface area contributed by atoms with E-state index in [-0.39, 0.29) is 6.61 Å². The Morgan fingerprint density at radius 3 is 2.53 bits per heavy atom. The van der Waals surface area contributed by atoms with E-state index in [1.165, 1.54) is 0 Å². The zero-order valence-corrected chi connectivity index (χ0v) is 9.70. The lowest BCUT2D eigenvalue weighted by atomic mass is 10.1. The van der Waals surface area contributed by atoms with Crippen LogP contribution in [0.25, 0.3) is 0 Å². The fourth-order valence-electron chi connectivity index (χ4n) is 1.25. The van der Waals surface area contributed by atoms with Gasteiger partial charge in [-0.2, -0.15) is 0 Å². The molecule has 0 radical (unpaired) electrons. The summed E-state index contributed by atoms with van der Waals surface area (Å²) in [6, 6.07) is 6.75. The highest BCUT2D eigenvalue weighted by Gasteiger charge is 2.16. The van der Waals surface area contributed by atoms with E-state index in [4.69, 9.17) is 10.8 Å². The summed E-state index contributed by atoms with van der Waals surface area (Å²) < 4.78 is 0.941. The number of nitrogens with one attached hydrogen (secondary N) is 1. The van der Waals surface area contributed by atoms with Crippen LogP contribution in [-0.2, 0) is 4.79 Å². The van der Waals surface area contributed by atoms with Crippen LogP contribution < -0.4 is 11.1 Å². The maximum absolute atomic E-state index is 11.2. The van der Waals surface area contributed by atoms with E-state index < -0.39 is 11.9 Å². The van der Waals surface area contributed by atoms with Crippen molar-refractivity contribution < 1.29 is 9.90 Å². The third kappa shape index (κ3) is 3.62. The Balaban J connectivity index is 2.79. The van der Waals surface area contributed by atoms with Crippen molar-refractivity contribution in [1.82, 2.24) is 5.32 Å². The number of halogens is 1. The van der Waals surface area contributed by atoms with E-state index in [9.17, 15) is 4.79 Å². The van der Waals surface area contributed by atoms with Crippen LogP contribution in [0, 0.1) is 0 Å². The van der Waals surface area contributed by atoms with Gasteiger partial charge >= 0.3 is 0 Å². The van der Waals surface area contributed by atoms with Crippen LogP contribution in [0.15, 0.2) is 28.7 Å². The van der Waals surface area contributed by atoms with Gasteiger partial charge in [-0.3, -0.25) is 10.1 Å². The molecule has 1 aromatic rings. The van der Waals surface area contributed by atoms with Crippen molar-refractivity contribution in [1.29, 1.82) is 0 Å². The predicted molar refractivity (Wildman–Crippen MR) is 61.2 cm³/mol. The summed E-state index contributed by atoms with van der Waals surface area (Å²) in [7, 11) is 0. The van der Waals surface area contributed by atoms with Gasteiger partial charge in [-0.05, 0) is 17.7 Å². The minimum Gasteiger partial charge on any atom is -0.395 e. The van der Waals surface area contributed by atoms with Crippen LogP contribution >= 0.6 is 15.9 Å². The average molecular weight is 273 g/mol. The molecule has 0 bridgehead atoms. The minimum atomic E-state index is -0.551. The SMILES string of the molecule is NC(=O)[C@@H](NCCO)c1ccc(Br)cc1. The first-order valence-electron chi connectivity index (χ1n) is 4.54. The van der Waals surface area contributed by atoms with Gasteiger partial charge in [0.15, 0.2) is 0 Å². The molecule has 0 fully saturated rings. The fourth-order valence-corrected chi connectivity index (χ4v) is 1.51. The van der Waals surface area contributed by atoms with Gasteiger partial charge in [0.2, 0.25) is 5.91 Å². The van der Waals surface area contributed by atoms with Crippen LogP contribution in [0.4, 0.5) is 0 Å². The molecule has 0 unspecified atom stereocenters.